The van der Waals surface area contributed by atoms with Gasteiger partial charge in [-0.25, -0.2) is 0 Å². The van der Waals surface area contributed by atoms with Gasteiger partial charge in [-0.1, -0.05) is 17.3 Å². The van der Waals surface area contributed by atoms with Crippen molar-refractivity contribution in [2.75, 3.05) is 19.6 Å². The van der Waals surface area contributed by atoms with E-state index in [1.165, 1.54) is 0 Å². The van der Waals surface area contributed by atoms with E-state index >= 15 is 0 Å². The number of hydrogen-bond donors (Lipinski definition) is 1. The van der Waals surface area contributed by atoms with Crippen LogP contribution in [-0.2, 0) is 11.2 Å². The summed E-state index contributed by atoms with van der Waals surface area (Å²) in [5, 5.41) is 4.92. The van der Waals surface area contributed by atoms with Crippen LogP contribution in [0, 0.1) is 5.92 Å². The zero-order valence-electron chi connectivity index (χ0n) is 10.7. The summed E-state index contributed by atoms with van der Waals surface area (Å²) in [6.45, 7) is 2.22. The fourth-order valence-corrected chi connectivity index (χ4v) is 2.57. The van der Waals surface area contributed by atoms with Gasteiger partial charge in [0.15, 0.2) is 5.58 Å². The Morgan fingerprint density at radius 3 is 3.11 bits per heavy atom. The lowest BCUT2D eigenvalue weighted by molar-refractivity contribution is -0.129. The number of aromatic nitrogens is 1. The van der Waals surface area contributed by atoms with Crippen molar-refractivity contribution in [1.29, 1.82) is 0 Å². The molecule has 0 radical (unpaired) electrons. The van der Waals surface area contributed by atoms with Gasteiger partial charge >= 0.3 is 0 Å². The van der Waals surface area contributed by atoms with E-state index in [0.717, 1.165) is 36.2 Å². The summed E-state index contributed by atoms with van der Waals surface area (Å²) < 4.78 is 5.21. The molecule has 19 heavy (non-hydrogen) atoms. The molecule has 1 aromatic carbocycles. The summed E-state index contributed by atoms with van der Waals surface area (Å²) in [5.41, 5.74) is 7.09. The number of carbonyl (C=O) groups is 1. The predicted molar refractivity (Wildman–Crippen MR) is 71.5 cm³/mol. The van der Waals surface area contributed by atoms with Crippen LogP contribution in [0.4, 0.5) is 0 Å². The van der Waals surface area contributed by atoms with E-state index in [-0.39, 0.29) is 5.91 Å². The molecule has 0 bridgehead atoms. The molecule has 5 nitrogen and oxygen atoms in total. The standard InChI is InChI=1S/C14H17N3O2/c15-8-10-5-6-17(9-10)14(18)7-12-11-3-1-2-4-13(11)19-16-12/h1-4,10H,5-9,15H2. The fourth-order valence-electron chi connectivity index (χ4n) is 2.57. The molecule has 2 aromatic rings. The van der Waals surface area contributed by atoms with Gasteiger partial charge in [-0.2, -0.15) is 0 Å². The zero-order chi connectivity index (χ0) is 13.2. The molecule has 1 aliphatic rings. The second-order valence-electron chi connectivity index (χ2n) is 5.03. The Labute approximate surface area is 111 Å². The van der Waals surface area contributed by atoms with Crippen LogP contribution in [0.1, 0.15) is 12.1 Å². The van der Waals surface area contributed by atoms with Crippen molar-refractivity contribution in [2.45, 2.75) is 12.8 Å². The molecular formula is C14H17N3O2. The highest BCUT2D eigenvalue weighted by atomic mass is 16.5. The maximum absolute atomic E-state index is 12.2. The molecular weight excluding hydrogens is 242 g/mol. The van der Waals surface area contributed by atoms with E-state index in [1.807, 2.05) is 29.2 Å². The third kappa shape index (κ3) is 2.33. The summed E-state index contributed by atoms with van der Waals surface area (Å²) in [6.07, 6.45) is 1.30. The number of benzene rings is 1. The van der Waals surface area contributed by atoms with Crippen LogP contribution in [0.25, 0.3) is 11.0 Å². The topological polar surface area (TPSA) is 72.4 Å². The molecule has 1 fully saturated rings. The number of nitrogens with zero attached hydrogens (tertiary/aromatic N) is 2. The van der Waals surface area contributed by atoms with Crippen LogP contribution in [0.2, 0.25) is 0 Å². The third-order valence-corrected chi connectivity index (χ3v) is 3.74. The molecule has 1 amide bonds. The monoisotopic (exact) mass is 259 g/mol. The average Bonchev–Trinajstić information content (AvgIpc) is 3.06. The highest BCUT2D eigenvalue weighted by molar-refractivity contribution is 5.86. The summed E-state index contributed by atoms with van der Waals surface area (Å²) >= 11 is 0. The molecule has 1 atom stereocenters. The first-order valence-electron chi connectivity index (χ1n) is 6.59. The Balaban J connectivity index is 1.73. The quantitative estimate of drug-likeness (QED) is 0.898. The van der Waals surface area contributed by atoms with E-state index in [1.54, 1.807) is 0 Å². The number of amides is 1. The van der Waals surface area contributed by atoms with E-state index < -0.39 is 0 Å². The molecule has 1 aromatic heterocycles. The van der Waals surface area contributed by atoms with Crippen LogP contribution in [0.5, 0.6) is 0 Å². The second-order valence-corrected chi connectivity index (χ2v) is 5.03. The fraction of sp³-hybridized carbons (Fsp3) is 0.429. The minimum absolute atomic E-state index is 0.106. The molecule has 1 unspecified atom stereocenters. The van der Waals surface area contributed by atoms with Gasteiger partial charge in [-0.3, -0.25) is 4.79 Å². The first kappa shape index (κ1) is 12.2. The highest BCUT2D eigenvalue weighted by Crippen LogP contribution is 2.20. The first-order valence-corrected chi connectivity index (χ1v) is 6.59. The van der Waals surface area contributed by atoms with Crippen molar-refractivity contribution >= 4 is 16.9 Å². The van der Waals surface area contributed by atoms with Crippen molar-refractivity contribution in [3.05, 3.63) is 30.0 Å². The molecule has 3 rings (SSSR count). The van der Waals surface area contributed by atoms with Crippen LogP contribution >= 0.6 is 0 Å². The molecule has 2 N–H and O–H groups in total. The Bertz CT molecular complexity index is 593. The Morgan fingerprint density at radius 2 is 2.32 bits per heavy atom. The molecule has 2 heterocycles. The Morgan fingerprint density at radius 1 is 1.47 bits per heavy atom. The summed E-state index contributed by atoms with van der Waals surface area (Å²) in [4.78, 5) is 14.1. The van der Waals surface area contributed by atoms with E-state index in [9.17, 15) is 4.79 Å². The first-order chi connectivity index (χ1) is 9.28. The predicted octanol–water partition coefficient (Wildman–Crippen LogP) is 1.18. The summed E-state index contributed by atoms with van der Waals surface area (Å²) in [6, 6.07) is 7.61. The van der Waals surface area contributed by atoms with Gasteiger partial charge in [0.25, 0.3) is 0 Å². The second kappa shape index (κ2) is 5.01. The number of para-hydroxylation sites is 1. The van der Waals surface area contributed by atoms with Crippen molar-refractivity contribution in [3.8, 4) is 0 Å². The van der Waals surface area contributed by atoms with Crippen LogP contribution in [-0.4, -0.2) is 35.6 Å². The average molecular weight is 259 g/mol. The number of fused-ring (bicyclic) bond motifs is 1. The maximum atomic E-state index is 12.2. The zero-order valence-corrected chi connectivity index (χ0v) is 10.7. The number of rotatable bonds is 3. The molecule has 0 spiro atoms. The highest BCUT2D eigenvalue weighted by Gasteiger charge is 2.26. The molecule has 0 saturated carbocycles. The van der Waals surface area contributed by atoms with Crippen LogP contribution < -0.4 is 5.73 Å². The van der Waals surface area contributed by atoms with E-state index in [2.05, 4.69) is 5.16 Å². The number of nitrogens with two attached hydrogens (primary N) is 1. The van der Waals surface area contributed by atoms with Gasteiger partial charge in [-0.15, -0.1) is 0 Å². The SMILES string of the molecule is NCC1CCN(C(=O)Cc2noc3ccccc23)C1. The minimum atomic E-state index is 0.106. The van der Waals surface area contributed by atoms with Crippen molar-refractivity contribution in [2.24, 2.45) is 11.7 Å². The summed E-state index contributed by atoms with van der Waals surface area (Å²) in [7, 11) is 0. The Kier molecular flexibility index (Phi) is 3.21. The molecule has 1 saturated heterocycles. The normalized spacial score (nSPS) is 19.2. The van der Waals surface area contributed by atoms with Gasteiger partial charge in [0.2, 0.25) is 5.91 Å². The molecule has 1 aliphatic heterocycles. The smallest absolute Gasteiger partial charge is 0.228 e. The van der Waals surface area contributed by atoms with Crippen LogP contribution in [0.15, 0.2) is 28.8 Å². The number of likely N-dealkylation sites (tertiary alicyclic amines) is 1. The molecule has 5 heteroatoms. The molecule has 100 valence electrons. The van der Waals surface area contributed by atoms with Gasteiger partial charge in [0, 0.05) is 18.5 Å². The third-order valence-electron chi connectivity index (χ3n) is 3.74. The maximum Gasteiger partial charge on any atom is 0.228 e. The van der Waals surface area contributed by atoms with Gasteiger partial charge in [-0.05, 0) is 31.0 Å². The van der Waals surface area contributed by atoms with E-state index in [4.69, 9.17) is 10.3 Å². The summed E-state index contributed by atoms with van der Waals surface area (Å²) in [5.74, 6) is 0.549. The molecule has 0 aliphatic carbocycles. The van der Waals surface area contributed by atoms with Crippen molar-refractivity contribution < 1.29 is 9.32 Å². The van der Waals surface area contributed by atoms with Gasteiger partial charge in [0.05, 0.1) is 6.42 Å². The van der Waals surface area contributed by atoms with E-state index in [0.29, 0.717) is 18.9 Å². The van der Waals surface area contributed by atoms with Crippen LogP contribution in [0.3, 0.4) is 0 Å². The Hall–Kier alpha value is -1.88. The lowest BCUT2D eigenvalue weighted by atomic mass is 10.1. The number of hydrogen-bond acceptors (Lipinski definition) is 4. The largest absolute Gasteiger partial charge is 0.356 e. The van der Waals surface area contributed by atoms with Crippen molar-refractivity contribution in [3.63, 3.8) is 0 Å². The lowest BCUT2D eigenvalue weighted by Gasteiger charge is -2.15. The van der Waals surface area contributed by atoms with Crippen molar-refractivity contribution in [1.82, 2.24) is 10.1 Å². The lowest BCUT2D eigenvalue weighted by Crippen LogP contribution is -2.31. The minimum Gasteiger partial charge on any atom is -0.356 e. The van der Waals surface area contributed by atoms with Gasteiger partial charge < -0.3 is 15.2 Å². The number of carbonyl (C=O) groups excluding carboxylic acids is 1. The van der Waals surface area contributed by atoms with Gasteiger partial charge in [0.1, 0.15) is 5.69 Å².